The number of thiazole rings is 1. The van der Waals surface area contributed by atoms with Gasteiger partial charge in [0.2, 0.25) is 0 Å². The fourth-order valence-electron chi connectivity index (χ4n) is 3.07. The van der Waals surface area contributed by atoms with Gasteiger partial charge in [0.15, 0.2) is 5.13 Å². The zero-order valence-corrected chi connectivity index (χ0v) is 18.3. The molecule has 2 amide bonds. The number of rotatable bonds is 6. The van der Waals surface area contributed by atoms with Gasteiger partial charge in [-0.3, -0.25) is 19.9 Å². The minimum absolute atomic E-state index is 0.296. The lowest BCUT2D eigenvalue weighted by molar-refractivity contribution is 0.101. The number of carbonyl (C=O) groups is 2. The number of carbonyl (C=O) groups excluding carboxylic acids is 2. The highest BCUT2D eigenvalue weighted by Gasteiger charge is 2.14. The zero-order chi connectivity index (χ0) is 22.5. The van der Waals surface area contributed by atoms with Gasteiger partial charge in [-0.2, -0.15) is 0 Å². The van der Waals surface area contributed by atoms with Crippen molar-refractivity contribution in [3.63, 3.8) is 0 Å². The molecule has 0 fully saturated rings. The van der Waals surface area contributed by atoms with Crippen LogP contribution in [0.5, 0.6) is 5.75 Å². The third-order valence-corrected chi connectivity index (χ3v) is 5.57. The molecule has 0 aliphatic heterocycles. The van der Waals surface area contributed by atoms with Gasteiger partial charge in [0.25, 0.3) is 11.8 Å². The summed E-state index contributed by atoms with van der Waals surface area (Å²) in [5.41, 5.74) is 3.12. The Labute approximate surface area is 189 Å². The second-order valence-corrected chi connectivity index (χ2v) is 8.09. The number of methoxy groups -OCH3 is 1. The van der Waals surface area contributed by atoms with Crippen LogP contribution < -0.4 is 15.4 Å². The van der Waals surface area contributed by atoms with Gasteiger partial charge < -0.3 is 10.1 Å². The number of pyridine rings is 1. The van der Waals surface area contributed by atoms with Gasteiger partial charge in [0.05, 0.1) is 18.4 Å². The van der Waals surface area contributed by atoms with Crippen LogP contribution in [-0.2, 0) is 0 Å². The topological polar surface area (TPSA) is 93.2 Å². The Hall–Kier alpha value is -4.04. The molecule has 0 saturated carbocycles. The number of hydrogen-bond donors (Lipinski definition) is 2. The summed E-state index contributed by atoms with van der Waals surface area (Å²) in [4.78, 5) is 34.6. The van der Waals surface area contributed by atoms with Crippen molar-refractivity contribution in [1.82, 2.24) is 9.97 Å². The van der Waals surface area contributed by atoms with Crippen molar-refractivity contribution in [3.8, 4) is 17.0 Å². The molecule has 2 aromatic carbocycles. The predicted octanol–water partition coefficient (Wildman–Crippen LogP) is 5.03. The van der Waals surface area contributed by atoms with Crippen molar-refractivity contribution < 1.29 is 14.3 Å². The molecule has 7 nitrogen and oxygen atoms in total. The van der Waals surface area contributed by atoms with Gasteiger partial charge in [-0.15, -0.1) is 11.3 Å². The van der Waals surface area contributed by atoms with E-state index in [1.165, 1.54) is 17.5 Å². The van der Waals surface area contributed by atoms with Crippen molar-refractivity contribution in [3.05, 3.63) is 89.1 Å². The molecule has 4 rings (SSSR count). The molecule has 0 unspecified atom stereocenters. The minimum atomic E-state index is -0.308. The molecule has 0 saturated heterocycles. The molecular formula is C24H20N4O3S. The molecule has 0 aliphatic rings. The summed E-state index contributed by atoms with van der Waals surface area (Å²) in [5.74, 6) is 0.165. The third kappa shape index (κ3) is 4.81. The lowest BCUT2D eigenvalue weighted by Crippen LogP contribution is -2.14. The van der Waals surface area contributed by atoms with Crippen LogP contribution in [0.15, 0.2) is 73.1 Å². The number of benzene rings is 2. The Morgan fingerprint density at radius 3 is 2.41 bits per heavy atom. The van der Waals surface area contributed by atoms with Crippen molar-refractivity contribution in [2.45, 2.75) is 6.92 Å². The number of anilines is 2. The van der Waals surface area contributed by atoms with Crippen molar-refractivity contribution in [2.24, 2.45) is 0 Å². The number of nitrogens with one attached hydrogen (secondary N) is 2. The van der Waals surface area contributed by atoms with Gasteiger partial charge in [-0.05, 0) is 61.5 Å². The van der Waals surface area contributed by atoms with Crippen molar-refractivity contribution in [2.75, 3.05) is 17.7 Å². The zero-order valence-electron chi connectivity index (χ0n) is 17.5. The van der Waals surface area contributed by atoms with Gasteiger partial charge in [0, 0.05) is 34.1 Å². The molecule has 0 aliphatic carbocycles. The number of aromatic nitrogens is 2. The van der Waals surface area contributed by atoms with Crippen LogP contribution >= 0.6 is 11.3 Å². The summed E-state index contributed by atoms with van der Waals surface area (Å²) in [6.45, 7) is 1.96. The second-order valence-electron chi connectivity index (χ2n) is 6.88. The van der Waals surface area contributed by atoms with E-state index in [-0.39, 0.29) is 11.8 Å². The first-order valence-corrected chi connectivity index (χ1v) is 10.6. The number of ether oxygens (including phenoxy) is 1. The molecule has 0 bridgehead atoms. The normalized spacial score (nSPS) is 10.4. The molecular weight excluding hydrogens is 424 g/mol. The second kappa shape index (κ2) is 9.40. The number of nitrogens with zero attached hydrogens (tertiary/aromatic N) is 2. The van der Waals surface area contributed by atoms with Crippen LogP contribution in [0.1, 0.15) is 25.6 Å². The first-order chi connectivity index (χ1) is 15.5. The Morgan fingerprint density at radius 2 is 1.69 bits per heavy atom. The molecule has 2 aromatic heterocycles. The van der Waals surface area contributed by atoms with Crippen LogP contribution in [0.2, 0.25) is 0 Å². The molecule has 4 aromatic rings. The molecule has 0 spiro atoms. The number of hydrogen-bond acceptors (Lipinski definition) is 6. The molecule has 32 heavy (non-hydrogen) atoms. The maximum absolute atomic E-state index is 12.8. The lowest BCUT2D eigenvalue weighted by Gasteiger charge is -2.07. The highest BCUT2D eigenvalue weighted by molar-refractivity contribution is 7.16. The Kier molecular flexibility index (Phi) is 6.23. The van der Waals surface area contributed by atoms with E-state index in [4.69, 9.17) is 4.74 Å². The fourth-order valence-corrected chi connectivity index (χ4v) is 3.91. The summed E-state index contributed by atoms with van der Waals surface area (Å²) >= 11 is 1.40. The molecule has 8 heteroatoms. The van der Waals surface area contributed by atoms with Crippen LogP contribution in [0.25, 0.3) is 11.3 Å². The average molecular weight is 445 g/mol. The average Bonchev–Trinajstić information content (AvgIpc) is 3.19. The van der Waals surface area contributed by atoms with E-state index in [9.17, 15) is 9.59 Å². The lowest BCUT2D eigenvalue weighted by atomic mass is 10.1. The van der Waals surface area contributed by atoms with E-state index < -0.39 is 0 Å². The molecule has 0 atom stereocenters. The highest BCUT2D eigenvalue weighted by atomic mass is 32.1. The Bertz CT molecular complexity index is 1250. The van der Waals surface area contributed by atoms with E-state index in [2.05, 4.69) is 20.6 Å². The van der Waals surface area contributed by atoms with Gasteiger partial charge in [-0.1, -0.05) is 6.07 Å². The summed E-state index contributed by atoms with van der Waals surface area (Å²) in [6, 6.07) is 17.7. The quantitative estimate of drug-likeness (QED) is 0.435. The van der Waals surface area contributed by atoms with Crippen molar-refractivity contribution in [1.29, 1.82) is 0 Å². The van der Waals surface area contributed by atoms with Crippen LogP contribution in [-0.4, -0.2) is 28.9 Å². The maximum atomic E-state index is 12.8. The molecule has 160 valence electrons. The first-order valence-electron chi connectivity index (χ1n) is 9.78. The Morgan fingerprint density at radius 1 is 0.938 bits per heavy atom. The number of aryl methyl sites for hydroxylation is 1. The van der Waals surface area contributed by atoms with Crippen LogP contribution in [0.4, 0.5) is 10.8 Å². The van der Waals surface area contributed by atoms with E-state index in [0.29, 0.717) is 21.9 Å². The molecule has 2 heterocycles. The van der Waals surface area contributed by atoms with Gasteiger partial charge in [0.1, 0.15) is 5.75 Å². The smallest absolute Gasteiger partial charge is 0.257 e. The molecule has 0 radical (unpaired) electrons. The summed E-state index contributed by atoms with van der Waals surface area (Å²) < 4.78 is 5.20. The monoisotopic (exact) mass is 444 g/mol. The largest absolute Gasteiger partial charge is 0.497 e. The third-order valence-electron chi connectivity index (χ3n) is 4.69. The van der Waals surface area contributed by atoms with E-state index in [1.807, 2.05) is 31.2 Å². The van der Waals surface area contributed by atoms with E-state index in [1.54, 1.807) is 49.7 Å². The summed E-state index contributed by atoms with van der Waals surface area (Å²) in [6.07, 6.45) is 3.08. The molecule has 2 N–H and O–H groups in total. The van der Waals surface area contributed by atoms with E-state index >= 15 is 0 Å². The standard InChI is InChI=1S/C24H20N4O3S/c1-15-21(16-8-10-20(31-2)11-9-16)27-24(32-15)28-22(29)17-5-3-7-19(13-17)26-23(30)18-6-4-12-25-14-18/h3-14H,1-2H3,(H,26,30)(H,27,28,29). The SMILES string of the molecule is COc1ccc(-c2nc(NC(=O)c3cccc(NC(=O)c4cccnc4)c3)sc2C)cc1. The minimum Gasteiger partial charge on any atom is -0.497 e. The van der Waals surface area contributed by atoms with Crippen LogP contribution in [0.3, 0.4) is 0 Å². The first kappa shape index (κ1) is 21.2. The van der Waals surface area contributed by atoms with Gasteiger partial charge in [-0.25, -0.2) is 4.98 Å². The van der Waals surface area contributed by atoms with Crippen molar-refractivity contribution >= 4 is 34.0 Å². The number of amides is 2. The highest BCUT2D eigenvalue weighted by Crippen LogP contribution is 2.31. The van der Waals surface area contributed by atoms with E-state index in [0.717, 1.165) is 21.9 Å². The van der Waals surface area contributed by atoms with Crippen LogP contribution in [0, 0.1) is 6.92 Å². The summed E-state index contributed by atoms with van der Waals surface area (Å²) in [7, 11) is 1.62. The summed E-state index contributed by atoms with van der Waals surface area (Å²) in [5, 5.41) is 6.13. The maximum Gasteiger partial charge on any atom is 0.257 e. The van der Waals surface area contributed by atoms with Gasteiger partial charge >= 0.3 is 0 Å². The predicted molar refractivity (Wildman–Crippen MR) is 125 cm³/mol. The Balaban J connectivity index is 1.47. The fraction of sp³-hybridized carbons (Fsp3) is 0.0833.